The molecular weight excluding hydrogens is 398 g/mol. The maximum Gasteiger partial charge on any atom is 0.332 e. The van der Waals surface area contributed by atoms with Gasteiger partial charge in [0.15, 0.2) is 0 Å². The van der Waals surface area contributed by atoms with Crippen LogP contribution in [-0.4, -0.2) is 55.7 Å². The molecule has 0 bridgehead atoms. The molecule has 0 radical (unpaired) electrons. The number of benzene rings is 2. The number of nitrogens with one attached hydrogen (secondary N) is 1. The molecule has 8 nitrogen and oxygen atoms in total. The number of urea groups is 1. The third-order valence-electron chi connectivity index (χ3n) is 4.94. The molecule has 0 aromatic heterocycles. The van der Waals surface area contributed by atoms with Gasteiger partial charge in [-0.05, 0) is 55.8 Å². The molecule has 8 heteroatoms. The van der Waals surface area contributed by atoms with Crippen molar-refractivity contribution in [3.63, 3.8) is 0 Å². The molecule has 1 atom stereocenters. The van der Waals surface area contributed by atoms with E-state index in [9.17, 15) is 14.4 Å². The topological polar surface area (TPSA) is 88.2 Å². The summed E-state index contributed by atoms with van der Waals surface area (Å²) in [6.45, 7) is 4.81. The van der Waals surface area contributed by atoms with Crippen molar-refractivity contribution >= 4 is 29.2 Å². The highest BCUT2D eigenvalue weighted by Crippen LogP contribution is 2.27. The second kappa shape index (κ2) is 10.1. The summed E-state index contributed by atoms with van der Waals surface area (Å²) >= 11 is 0. The fraction of sp³-hybridized carbons (Fsp3) is 0.348. The van der Waals surface area contributed by atoms with Crippen molar-refractivity contribution in [1.82, 2.24) is 4.90 Å². The van der Waals surface area contributed by atoms with Crippen LogP contribution >= 0.6 is 0 Å². The second-order valence-electron chi connectivity index (χ2n) is 7.21. The number of amides is 4. The molecule has 0 unspecified atom stereocenters. The highest BCUT2D eigenvalue weighted by Gasteiger charge is 2.46. The Bertz CT molecular complexity index is 944. The number of aryl methyl sites for hydroxylation is 1. The predicted octanol–water partition coefficient (Wildman–Crippen LogP) is 3.21. The number of carbonyl (C=O) groups excluding carboxylic acids is 3. The molecule has 0 saturated carbocycles. The molecule has 1 aliphatic rings. The van der Waals surface area contributed by atoms with Gasteiger partial charge in [0.25, 0.3) is 5.91 Å². The van der Waals surface area contributed by atoms with E-state index in [1.165, 1.54) is 12.0 Å². The van der Waals surface area contributed by atoms with Crippen LogP contribution in [0.4, 0.5) is 16.2 Å². The predicted molar refractivity (Wildman–Crippen MR) is 117 cm³/mol. The number of imide groups is 1. The van der Waals surface area contributed by atoms with E-state index < -0.39 is 18.0 Å². The zero-order valence-electron chi connectivity index (χ0n) is 18.0. The summed E-state index contributed by atoms with van der Waals surface area (Å²) < 4.78 is 10.5. The smallest absolute Gasteiger partial charge is 0.332 e. The molecule has 3 rings (SSSR count). The molecule has 1 N–H and O–H groups in total. The zero-order chi connectivity index (χ0) is 22.4. The molecule has 4 amide bonds. The minimum atomic E-state index is -0.897. The molecule has 0 spiro atoms. The Morgan fingerprint density at radius 3 is 2.52 bits per heavy atom. The summed E-state index contributed by atoms with van der Waals surface area (Å²) in [6, 6.07) is 12.8. The lowest BCUT2D eigenvalue weighted by Gasteiger charge is -2.21. The first-order valence-corrected chi connectivity index (χ1v) is 10.2. The van der Waals surface area contributed by atoms with Gasteiger partial charge in [-0.25, -0.2) is 9.69 Å². The monoisotopic (exact) mass is 425 g/mol. The second-order valence-corrected chi connectivity index (χ2v) is 7.21. The van der Waals surface area contributed by atoms with E-state index in [1.807, 2.05) is 19.9 Å². The van der Waals surface area contributed by atoms with Crippen LogP contribution in [0.5, 0.6) is 5.75 Å². The van der Waals surface area contributed by atoms with Crippen LogP contribution in [0, 0.1) is 6.92 Å². The lowest BCUT2D eigenvalue weighted by molar-refractivity contribution is -0.124. The van der Waals surface area contributed by atoms with Crippen molar-refractivity contribution in [1.29, 1.82) is 0 Å². The van der Waals surface area contributed by atoms with Crippen molar-refractivity contribution in [3.05, 3.63) is 54.1 Å². The van der Waals surface area contributed by atoms with Crippen LogP contribution in [0.1, 0.15) is 18.9 Å². The molecule has 1 saturated heterocycles. The standard InChI is InChI=1S/C23H27N3O5/c1-4-31-19-10-8-17(9-11-19)24-21(27)15-20-22(28)26(18-7-5-6-16(2)14-18)23(29)25(20)12-13-30-3/h5-11,14,20H,4,12-13,15H2,1-3H3,(H,24,27)/t20-/m1/s1. The Morgan fingerprint density at radius 1 is 1.13 bits per heavy atom. The van der Waals surface area contributed by atoms with Gasteiger partial charge < -0.3 is 19.7 Å². The number of carbonyl (C=O) groups is 3. The van der Waals surface area contributed by atoms with Gasteiger partial charge >= 0.3 is 6.03 Å². The summed E-state index contributed by atoms with van der Waals surface area (Å²) in [4.78, 5) is 41.3. The molecule has 164 valence electrons. The van der Waals surface area contributed by atoms with Crippen molar-refractivity contribution in [2.45, 2.75) is 26.3 Å². The first-order chi connectivity index (χ1) is 14.9. The van der Waals surface area contributed by atoms with Crippen LogP contribution in [-0.2, 0) is 14.3 Å². The summed E-state index contributed by atoms with van der Waals surface area (Å²) in [5.41, 5.74) is 2.01. The first-order valence-electron chi connectivity index (χ1n) is 10.2. The number of hydrogen-bond donors (Lipinski definition) is 1. The van der Waals surface area contributed by atoms with Gasteiger partial charge in [-0.15, -0.1) is 0 Å². The average molecular weight is 425 g/mol. The van der Waals surface area contributed by atoms with E-state index in [2.05, 4.69) is 5.32 Å². The normalized spacial score (nSPS) is 16.0. The summed E-state index contributed by atoms with van der Waals surface area (Å²) in [5.74, 6) is -0.0750. The highest BCUT2D eigenvalue weighted by molar-refractivity contribution is 6.22. The molecular formula is C23H27N3O5. The van der Waals surface area contributed by atoms with E-state index in [4.69, 9.17) is 9.47 Å². The van der Waals surface area contributed by atoms with Crippen molar-refractivity contribution in [3.8, 4) is 5.75 Å². The van der Waals surface area contributed by atoms with Gasteiger partial charge in [0.05, 0.1) is 25.3 Å². The van der Waals surface area contributed by atoms with Crippen LogP contribution in [0.3, 0.4) is 0 Å². The summed E-state index contributed by atoms with van der Waals surface area (Å²) in [6.07, 6.45) is -0.149. The van der Waals surface area contributed by atoms with E-state index in [0.29, 0.717) is 23.7 Å². The van der Waals surface area contributed by atoms with Crippen molar-refractivity contribution in [2.75, 3.05) is 37.1 Å². The number of hydrogen-bond acceptors (Lipinski definition) is 5. The Hall–Kier alpha value is -3.39. The summed E-state index contributed by atoms with van der Waals surface area (Å²) in [7, 11) is 1.52. The summed E-state index contributed by atoms with van der Waals surface area (Å²) in [5, 5.41) is 2.78. The molecule has 2 aromatic carbocycles. The number of anilines is 2. The molecule has 2 aromatic rings. The molecule has 0 aliphatic carbocycles. The number of methoxy groups -OCH3 is 1. The Morgan fingerprint density at radius 2 is 1.87 bits per heavy atom. The van der Waals surface area contributed by atoms with Gasteiger partial charge in [-0.1, -0.05) is 12.1 Å². The number of rotatable bonds is 9. The minimum absolute atomic E-state index is 0.149. The molecule has 31 heavy (non-hydrogen) atoms. The maximum atomic E-state index is 13.1. The van der Waals surface area contributed by atoms with Gasteiger partial charge in [-0.2, -0.15) is 0 Å². The highest BCUT2D eigenvalue weighted by atomic mass is 16.5. The fourth-order valence-corrected chi connectivity index (χ4v) is 3.47. The van der Waals surface area contributed by atoms with E-state index >= 15 is 0 Å². The van der Waals surface area contributed by atoms with Crippen LogP contribution in [0.25, 0.3) is 0 Å². The van der Waals surface area contributed by atoms with Crippen molar-refractivity contribution < 1.29 is 23.9 Å². The third-order valence-corrected chi connectivity index (χ3v) is 4.94. The third kappa shape index (κ3) is 5.21. The van der Waals surface area contributed by atoms with Crippen molar-refractivity contribution in [2.24, 2.45) is 0 Å². The molecule has 1 heterocycles. The minimum Gasteiger partial charge on any atom is -0.494 e. The fourth-order valence-electron chi connectivity index (χ4n) is 3.47. The quantitative estimate of drug-likeness (QED) is 0.624. The first kappa shape index (κ1) is 22.3. The van der Waals surface area contributed by atoms with E-state index in [0.717, 1.165) is 10.5 Å². The van der Waals surface area contributed by atoms with Crippen LogP contribution in [0.2, 0.25) is 0 Å². The van der Waals surface area contributed by atoms with Gasteiger partial charge in [0, 0.05) is 19.3 Å². The Kier molecular flexibility index (Phi) is 7.25. The molecule has 1 fully saturated rings. The van der Waals surface area contributed by atoms with Crippen LogP contribution < -0.4 is 15.0 Å². The maximum absolute atomic E-state index is 13.1. The molecule has 1 aliphatic heterocycles. The largest absolute Gasteiger partial charge is 0.494 e. The van der Waals surface area contributed by atoms with Gasteiger partial charge in [0.2, 0.25) is 5.91 Å². The van der Waals surface area contributed by atoms with E-state index in [1.54, 1.807) is 42.5 Å². The van der Waals surface area contributed by atoms with Gasteiger partial charge in [0.1, 0.15) is 11.8 Å². The Balaban J connectivity index is 1.75. The zero-order valence-corrected chi connectivity index (χ0v) is 18.0. The number of ether oxygens (including phenoxy) is 2. The number of nitrogens with zero attached hydrogens (tertiary/aromatic N) is 2. The van der Waals surface area contributed by atoms with E-state index in [-0.39, 0.29) is 25.5 Å². The van der Waals surface area contributed by atoms with Gasteiger partial charge in [-0.3, -0.25) is 9.59 Å². The lowest BCUT2D eigenvalue weighted by Crippen LogP contribution is -2.39. The van der Waals surface area contributed by atoms with Crippen LogP contribution in [0.15, 0.2) is 48.5 Å². The average Bonchev–Trinajstić information content (AvgIpc) is 2.97. The lowest BCUT2D eigenvalue weighted by atomic mass is 10.1. The SMILES string of the molecule is CCOc1ccc(NC(=O)C[C@@H]2C(=O)N(c3cccc(C)c3)C(=O)N2CCOC)cc1. The Labute approximate surface area is 181 Å².